The van der Waals surface area contributed by atoms with Crippen LogP contribution in [0.2, 0.25) is 0 Å². The van der Waals surface area contributed by atoms with Crippen LogP contribution in [0.1, 0.15) is 57.4 Å². The van der Waals surface area contributed by atoms with Gasteiger partial charge in [0.15, 0.2) is 11.6 Å². The van der Waals surface area contributed by atoms with Crippen LogP contribution in [-0.2, 0) is 0 Å². The van der Waals surface area contributed by atoms with E-state index in [-0.39, 0.29) is 0 Å². The van der Waals surface area contributed by atoms with Crippen LogP contribution in [0.4, 0.5) is 17.6 Å². The van der Waals surface area contributed by atoms with Crippen LogP contribution in [-0.4, -0.2) is 6.36 Å². The Hall–Kier alpha value is -1.52. The van der Waals surface area contributed by atoms with E-state index in [0.717, 1.165) is 36.8 Å². The number of hydrogen-bond acceptors (Lipinski definition) is 1. The van der Waals surface area contributed by atoms with Gasteiger partial charge in [0, 0.05) is 0 Å². The SMILES string of the molecule is CCC1CCC(CC/C=C\c2ccc(OC(F)(F)F)c(F)c2)CC1. The number of hydrogen-bond donors (Lipinski definition) is 0. The standard InChI is InChI=1S/C19H24F4O/c1-2-14-7-9-15(10-8-14)5-3-4-6-16-11-12-18(17(20)13-16)24-19(21,22)23/h4,6,11-15H,2-3,5,7-10H2,1H3/b6-4-. The van der Waals surface area contributed by atoms with E-state index in [1.54, 1.807) is 6.08 Å². The molecule has 0 spiro atoms. The molecule has 0 aliphatic heterocycles. The number of ether oxygens (including phenoxy) is 1. The van der Waals surface area contributed by atoms with Gasteiger partial charge in [-0.2, -0.15) is 0 Å². The number of rotatable bonds is 6. The third-order valence-corrected chi connectivity index (χ3v) is 4.78. The van der Waals surface area contributed by atoms with Gasteiger partial charge in [-0.15, -0.1) is 13.2 Å². The lowest BCUT2D eigenvalue weighted by molar-refractivity contribution is -0.275. The van der Waals surface area contributed by atoms with Crippen molar-refractivity contribution in [2.24, 2.45) is 11.8 Å². The van der Waals surface area contributed by atoms with Crippen LogP contribution in [0, 0.1) is 17.7 Å². The highest BCUT2D eigenvalue weighted by molar-refractivity contribution is 5.51. The minimum atomic E-state index is -4.88. The molecule has 0 heterocycles. The molecule has 0 radical (unpaired) electrons. The smallest absolute Gasteiger partial charge is 0.403 e. The maximum Gasteiger partial charge on any atom is 0.573 e. The summed E-state index contributed by atoms with van der Waals surface area (Å²) in [6.07, 6.45) is 7.32. The van der Waals surface area contributed by atoms with Gasteiger partial charge < -0.3 is 4.74 Å². The van der Waals surface area contributed by atoms with Gasteiger partial charge in [-0.05, 0) is 42.4 Å². The number of allylic oxidation sites excluding steroid dienone is 1. The molecular formula is C19H24F4O. The van der Waals surface area contributed by atoms with Crippen LogP contribution in [0.25, 0.3) is 6.08 Å². The van der Waals surface area contributed by atoms with Gasteiger partial charge in [-0.3, -0.25) is 0 Å². The van der Waals surface area contributed by atoms with Crippen molar-refractivity contribution in [2.45, 2.75) is 58.2 Å². The summed E-state index contributed by atoms with van der Waals surface area (Å²) in [7, 11) is 0. The summed E-state index contributed by atoms with van der Waals surface area (Å²) in [4.78, 5) is 0. The first-order valence-electron chi connectivity index (χ1n) is 8.59. The molecule has 1 aromatic rings. The Kier molecular flexibility index (Phi) is 6.69. The fourth-order valence-electron chi connectivity index (χ4n) is 3.31. The van der Waals surface area contributed by atoms with E-state index in [1.807, 2.05) is 6.08 Å². The molecule has 0 unspecified atom stereocenters. The van der Waals surface area contributed by atoms with E-state index in [0.29, 0.717) is 5.56 Å². The molecule has 24 heavy (non-hydrogen) atoms. The van der Waals surface area contributed by atoms with E-state index in [9.17, 15) is 17.6 Å². The van der Waals surface area contributed by atoms with E-state index in [2.05, 4.69) is 11.7 Å². The van der Waals surface area contributed by atoms with Crippen LogP contribution in [0.5, 0.6) is 5.75 Å². The monoisotopic (exact) mass is 344 g/mol. The lowest BCUT2D eigenvalue weighted by Gasteiger charge is -2.27. The lowest BCUT2D eigenvalue weighted by atomic mass is 9.79. The first-order valence-corrected chi connectivity index (χ1v) is 8.59. The molecule has 0 bridgehead atoms. The van der Waals surface area contributed by atoms with Crippen molar-refractivity contribution >= 4 is 6.08 Å². The second-order valence-electron chi connectivity index (χ2n) is 6.51. The Labute approximate surface area is 140 Å². The number of halogens is 4. The highest BCUT2D eigenvalue weighted by Crippen LogP contribution is 2.33. The zero-order valence-corrected chi connectivity index (χ0v) is 13.9. The Morgan fingerprint density at radius 2 is 1.79 bits per heavy atom. The summed E-state index contributed by atoms with van der Waals surface area (Å²) < 4.78 is 53.5. The van der Waals surface area contributed by atoms with Gasteiger partial charge in [-0.25, -0.2) is 4.39 Å². The van der Waals surface area contributed by atoms with Crippen molar-refractivity contribution in [3.63, 3.8) is 0 Å². The maximum absolute atomic E-state index is 13.6. The molecule has 134 valence electrons. The summed E-state index contributed by atoms with van der Waals surface area (Å²) in [5, 5.41) is 0. The molecule has 1 aliphatic rings. The molecule has 1 fully saturated rings. The molecule has 1 aliphatic carbocycles. The van der Waals surface area contributed by atoms with Crippen LogP contribution < -0.4 is 4.74 Å². The maximum atomic E-state index is 13.6. The van der Waals surface area contributed by atoms with Gasteiger partial charge in [0.05, 0.1) is 0 Å². The van der Waals surface area contributed by atoms with E-state index in [4.69, 9.17) is 0 Å². The third kappa shape index (κ3) is 6.17. The lowest BCUT2D eigenvalue weighted by Crippen LogP contribution is -2.17. The van der Waals surface area contributed by atoms with Crippen molar-refractivity contribution in [3.8, 4) is 5.75 Å². The summed E-state index contributed by atoms with van der Waals surface area (Å²) in [6.45, 7) is 2.25. The van der Waals surface area contributed by atoms with Crippen molar-refractivity contribution in [3.05, 3.63) is 35.7 Å². The van der Waals surface area contributed by atoms with Crippen molar-refractivity contribution in [1.29, 1.82) is 0 Å². The van der Waals surface area contributed by atoms with E-state index < -0.39 is 17.9 Å². The largest absolute Gasteiger partial charge is 0.573 e. The zero-order chi connectivity index (χ0) is 17.6. The van der Waals surface area contributed by atoms with Gasteiger partial charge in [0.1, 0.15) is 0 Å². The first-order chi connectivity index (χ1) is 11.4. The summed E-state index contributed by atoms with van der Waals surface area (Å²) in [5.74, 6) is -0.159. The second-order valence-corrected chi connectivity index (χ2v) is 6.51. The highest BCUT2D eigenvalue weighted by Gasteiger charge is 2.32. The van der Waals surface area contributed by atoms with Crippen molar-refractivity contribution in [1.82, 2.24) is 0 Å². The average molecular weight is 344 g/mol. The van der Waals surface area contributed by atoms with Crippen LogP contribution in [0.15, 0.2) is 24.3 Å². The molecule has 0 saturated heterocycles. The first kappa shape index (κ1) is 18.8. The third-order valence-electron chi connectivity index (χ3n) is 4.78. The molecule has 2 rings (SSSR count). The Morgan fingerprint density at radius 3 is 2.38 bits per heavy atom. The fraction of sp³-hybridized carbons (Fsp3) is 0.579. The second kappa shape index (κ2) is 8.54. The normalized spacial score (nSPS) is 22.0. The van der Waals surface area contributed by atoms with E-state index in [1.165, 1.54) is 38.2 Å². The summed E-state index contributed by atoms with van der Waals surface area (Å²) in [6, 6.07) is 3.49. The minimum absolute atomic E-state index is 0.539. The zero-order valence-electron chi connectivity index (χ0n) is 13.9. The molecular weight excluding hydrogens is 320 g/mol. The van der Waals surface area contributed by atoms with Gasteiger partial charge in [-0.1, -0.05) is 57.2 Å². The summed E-state index contributed by atoms with van der Waals surface area (Å²) >= 11 is 0. The average Bonchev–Trinajstić information content (AvgIpc) is 2.53. The Morgan fingerprint density at radius 1 is 1.12 bits per heavy atom. The minimum Gasteiger partial charge on any atom is -0.403 e. The highest BCUT2D eigenvalue weighted by atomic mass is 19.4. The Balaban J connectivity index is 1.79. The molecule has 0 atom stereocenters. The molecule has 0 N–H and O–H groups in total. The summed E-state index contributed by atoms with van der Waals surface area (Å²) in [5.41, 5.74) is 0.539. The fourth-order valence-corrected chi connectivity index (χ4v) is 3.31. The predicted octanol–water partition coefficient (Wildman–Crippen LogP) is 6.73. The molecule has 1 aromatic carbocycles. The van der Waals surface area contributed by atoms with Gasteiger partial charge in [0.25, 0.3) is 0 Å². The topological polar surface area (TPSA) is 9.23 Å². The molecule has 1 saturated carbocycles. The quantitative estimate of drug-likeness (QED) is 0.520. The molecule has 0 aromatic heterocycles. The number of benzene rings is 1. The molecule has 1 nitrogen and oxygen atoms in total. The number of alkyl halides is 3. The Bertz CT molecular complexity index is 543. The van der Waals surface area contributed by atoms with Gasteiger partial charge >= 0.3 is 6.36 Å². The molecule has 5 heteroatoms. The van der Waals surface area contributed by atoms with Crippen LogP contribution >= 0.6 is 0 Å². The van der Waals surface area contributed by atoms with Crippen LogP contribution in [0.3, 0.4) is 0 Å². The van der Waals surface area contributed by atoms with Gasteiger partial charge in [0.2, 0.25) is 0 Å². The van der Waals surface area contributed by atoms with Crippen molar-refractivity contribution < 1.29 is 22.3 Å². The molecule has 0 amide bonds. The predicted molar refractivity (Wildman–Crippen MR) is 87.1 cm³/mol. The van der Waals surface area contributed by atoms with Crippen molar-refractivity contribution in [2.75, 3.05) is 0 Å². The van der Waals surface area contributed by atoms with E-state index >= 15 is 0 Å².